The number of hydrogen-bond acceptors (Lipinski definition) is 2. The van der Waals surface area contributed by atoms with Crippen molar-refractivity contribution in [3.8, 4) is 0 Å². The molecule has 5 atom stereocenters. The molecule has 5 unspecified atom stereocenters. The van der Waals surface area contributed by atoms with Gasteiger partial charge in [-0.25, -0.2) is 0 Å². The monoisotopic (exact) mass is 300 g/mol. The van der Waals surface area contributed by atoms with Crippen molar-refractivity contribution in [2.45, 2.75) is 58.3 Å². The van der Waals surface area contributed by atoms with Gasteiger partial charge >= 0.3 is 0 Å². The minimum Gasteiger partial charge on any atom is -0.395 e. The SMILES string of the molecule is C=C1CCC2C3CCC4=CC(=O)CCC4(CO)C3CCC12C. The van der Waals surface area contributed by atoms with Gasteiger partial charge in [0.1, 0.15) is 0 Å². The van der Waals surface area contributed by atoms with Crippen molar-refractivity contribution in [1.82, 2.24) is 0 Å². The normalized spacial score (nSPS) is 47.5. The van der Waals surface area contributed by atoms with Crippen molar-refractivity contribution in [3.63, 3.8) is 0 Å². The Morgan fingerprint density at radius 3 is 2.77 bits per heavy atom. The van der Waals surface area contributed by atoms with Crippen molar-refractivity contribution in [3.05, 3.63) is 23.8 Å². The van der Waals surface area contributed by atoms with Crippen LogP contribution < -0.4 is 0 Å². The molecule has 2 heteroatoms. The topological polar surface area (TPSA) is 37.3 Å². The molecular weight excluding hydrogens is 272 g/mol. The Morgan fingerprint density at radius 2 is 2.00 bits per heavy atom. The number of fused-ring (bicyclic) bond motifs is 5. The number of hydrogen-bond donors (Lipinski definition) is 1. The Kier molecular flexibility index (Phi) is 3.21. The van der Waals surface area contributed by atoms with Gasteiger partial charge in [0, 0.05) is 11.8 Å². The second kappa shape index (κ2) is 4.80. The van der Waals surface area contributed by atoms with Gasteiger partial charge in [-0.2, -0.15) is 0 Å². The third kappa shape index (κ3) is 1.73. The summed E-state index contributed by atoms with van der Waals surface area (Å²) in [5.41, 5.74) is 2.99. The average molecular weight is 300 g/mol. The fourth-order valence-electron chi connectivity index (χ4n) is 6.56. The third-order valence-electron chi connectivity index (χ3n) is 7.92. The molecular formula is C20H28O2. The average Bonchev–Trinajstić information content (AvgIpc) is 2.82. The highest BCUT2D eigenvalue weighted by Crippen LogP contribution is 2.66. The smallest absolute Gasteiger partial charge is 0.155 e. The van der Waals surface area contributed by atoms with Crippen molar-refractivity contribution in [2.24, 2.45) is 28.6 Å². The number of carbonyl (C=O) groups is 1. The summed E-state index contributed by atoms with van der Waals surface area (Å²) in [6.07, 6.45) is 10.5. The van der Waals surface area contributed by atoms with Crippen LogP contribution in [0.15, 0.2) is 23.8 Å². The molecule has 0 saturated heterocycles. The van der Waals surface area contributed by atoms with Gasteiger partial charge in [0.2, 0.25) is 0 Å². The van der Waals surface area contributed by atoms with Crippen molar-refractivity contribution >= 4 is 5.78 Å². The highest BCUT2D eigenvalue weighted by atomic mass is 16.3. The van der Waals surface area contributed by atoms with E-state index in [2.05, 4.69) is 13.5 Å². The summed E-state index contributed by atoms with van der Waals surface area (Å²) in [5, 5.41) is 10.3. The second-order valence-corrected chi connectivity index (χ2v) is 8.46. The molecule has 0 aromatic heterocycles. The quantitative estimate of drug-likeness (QED) is 0.742. The molecule has 4 aliphatic carbocycles. The molecule has 0 radical (unpaired) electrons. The highest BCUT2D eigenvalue weighted by molar-refractivity contribution is 5.91. The predicted octanol–water partition coefficient (Wildman–Crippen LogP) is 4.05. The number of aliphatic hydroxyl groups is 1. The van der Waals surface area contributed by atoms with E-state index in [9.17, 15) is 9.90 Å². The highest BCUT2D eigenvalue weighted by Gasteiger charge is 2.58. The maximum absolute atomic E-state index is 11.8. The molecule has 2 nitrogen and oxygen atoms in total. The molecule has 4 rings (SSSR count). The molecule has 3 saturated carbocycles. The summed E-state index contributed by atoms with van der Waals surface area (Å²) in [6, 6.07) is 0. The van der Waals surface area contributed by atoms with Gasteiger partial charge in [-0.15, -0.1) is 0 Å². The van der Waals surface area contributed by atoms with E-state index >= 15 is 0 Å². The van der Waals surface area contributed by atoms with Crippen molar-refractivity contribution in [2.75, 3.05) is 6.61 Å². The van der Waals surface area contributed by atoms with Crippen LogP contribution in [0.4, 0.5) is 0 Å². The van der Waals surface area contributed by atoms with E-state index in [0.717, 1.165) is 24.7 Å². The largest absolute Gasteiger partial charge is 0.395 e. The van der Waals surface area contributed by atoms with E-state index < -0.39 is 0 Å². The third-order valence-corrected chi connectivity index (χ3v) is 7.92. The first-order valence-corrected chi connectivity index (χ1v) is 9.04. The maximum Gasteiger partial charge on any atom is 0.155 e. The fraction of sp³-hybridized carbons (Fsp3) is 0.750. The van der Waals surface area contributed by atoms with Crippen LogP contribution in [0.5, 0.6) is 0 Å². The molecule has 120 valence electrons. The zero-order valence-corrected chi connectivity index (χ0v) is 13.7. The lowest BCUT2D eigenvalue weighted by Crippen LogP contribution is -2.52. The number of carbonyl (C=O) groups excluding carboxylic acids is 1. The lowest BCUT2D eigenvalue weighted by Gasteiger charge is -2.58. The Morgan fingerprint density at radius 1 is 1.18 bits per heavy atom. The van der Waals surface area contributed by atoms with E-state index in [1.54, 1.807) is 0 Å². The van der Waals surface area contributed by atoms with E-state index in [1.165, 1.54) is 43.3 Å². The van der Waals surface area contributed by atoms with Crippen molar-refractivity contribution < 1.29 is 9.90 Å². The zero-order valence-electron chi connectivity index (χ0n) is 13.7. The van der Waals surface area contributed by atoms with Gasteiger partial charge in [0.15, 0.2) is 5.78 Å². The minimum atomic E-state index is -0.0813. The molecule has 0 bridgehead atoms. The molecule has 1 N–H and O–H groups in total. The van der Waals surface area contributed by atoms with Crippen LogP contribution in [0, 0.1) is 28.6 Å². The minimum absolute atomic E-state index is 0.0813. The zero-order chi connectivity index (χ0) is 15.5. The summed E-state index contributed by atoms with van der Waals surface area (Å²) in [4.78, 5) is 11.8. The van der Waals surface area contributed by atoms with Crippen LogP contribution in [-0.4, -0.2) is 17.5 Å². The van der Waals surface area contributed by atoms with Crippen LogP contribution in [0.2, 0.25) is 0 Å². The number of ketones is 1. The molecule has 0 aromatic rings. The van der Waals surface area contributed by atoms with Crippen LogP contribution >= 0.6 is 0 Å². The molecule has 0 heterocycles. The first-order valence-electron chi connectivity index (χ1n) is 9.04. The van der Waals surface area contributed by atoms with Gasteiger partial charge < -0.3 is 5.11 Å². The predicted molar refractivity (Wildman–Crippen MR) is 87.3 cm³/mol. The number of aliphatic hydroxyl groups excluding tert-OH is 1. The summed E-state index contributed by atoms with van der Waals surface area (Å²) < 4.78 is 0. The molecule has 22 heavy (non-hydrogen) atoms. The fourth-order valence-corrected chi connectivity index (χ4v) is 6.56. The van der Waals surface area contributed by atoms with Crippen molar-refractivity contribution in [1.29, 1.82) is 0 Å². The molecule has 0 spiro atoms. The Labute approximate surface area is 133 Å². The lowest BCUT2D eigenvalue weighted by atomic mass is 9.47. The van der Waals surface area contributed by atoms with Crippen LogP contribution in [0.25, 0.3) is 0 Å². The van der Waals surface area contributed by atoms with Gasteiger partial charge in [0.25, 0.3) is 0 Å². The summed E-state index contributed by atoms with van der Waals surface area (Å²) in [5.74, 6) is 2.32. The van der Waals surface area contributed by atoms with Gasteiger partial charge in [-0.3, -0.25) is 4.79 Å². The van der Waals surface area contributed by atoms with E-state index in [0.29, 0.717) is 17.8 Å². The molecule has 0 aliphatic heterocycles. The Bertz CT molecular complexity index is 560. The molecule has 4 aliphatic rings. The lowest BCUT2D eigenvalue weighted by molar-refractivity contribution is -0.118. The molecule has 0 amide bonds. The first-order chi connectivity index (χ1) is 10.5. The number of rotatable bonds is 1. The van der Waals surface area contributed by atoms with E-state index in [1.807, 2.05) is 6.08 Å². The van der Waals surface area contributed by atoms with Gasteiger partial charge in [0.05, 0.1) is 6.61 Å². The standard InChI is InChI=1S/C20H28O2/c1-13-3-6-17-16-5-4-14-11-15(22)7-10-20(14,12-21)18(16)8-9-19(13,17)2/h11,16-18,21H,1,3-10,12H2,2H3. The van der Waals surface area contributed by atoms with Crippen LogP contribution in [0.1, 0.15) is 58.3 Å². The van der Waals surface area contributed by atoms with E-state index in [4.69, 9.17) is 0 Å². The Hall–Kier alpha value is -0.890. The van der Waals surface area contributed by atoms with Crippen LogP contribution in [0.3, 0.4) is 0 Å². The number of allylic oxidation sites excluding steroid dienone is 1. The van der Waals surface area contributed by atoms with E-state index in [-0.39, 0.29) is 17.8 Å². The summed E-state index contributed by atoms with van der Waals surface area (Å²) in [7, 11) is 0. The van der Waals surface area contributed by atoms with Crippen LogP contribution in [-0.2, 0) is 4.79 Å². The summed E-state index contributed by atoms with van der Waals surface area (Å²) >= 11 is 0. The Balaban J connectivity index is 1.73. The maximum atomic E-state index is 11.8. The summed E-state index contributed by atoms with van der Waals surface area (Å²) in [6.45, 7) is 7.04. The van der Waals surface area contributed by atoms with Gasteiger partial charge in [-0.1, -0.05) is 24.6 Å². The molecule has 0 aromatic carbocycles. The first kappa shape index (κ1) is 14.7. The molecule has 3 fully saturated rings. The second-order valence-electron chi connectivity index (χ2n) is 8.46. The van der Waals surface area contributed by atoms with Gasteiger partial charge in [-0.05, 0) is 74.2 Å².